The summed E-state index contributed by atoms with van der Waals surface area (Å²) in [4.78, 5) is 16.7. The van der Waals surface area contributed by atoms with Crippen molar-refractivity contribution in [2.45, 2.75) is 45.1 Å². The Morgan fingerprint density at radius 2 is 1.94 bits per heavy atom. The van der Waals surface area contributed by atoms with Gasteiger partial charge in [0.2, 0.25) is 5.91 Å². The maximum Gasteiger partial charge on any atom is 0.236 e. The highest BCUT2D eigenvalue weighted by Crippen LogP contribution is 2.14. The van der Waals surface area contributed by atoms with Crippen molar-refractivity contribution < 1.29 is 4.79 Å². The van der Waals surface area contributed by atoms with E-state index in [1.54, 1.807) is 0 Å². The molecular weight excluding hydrogens is 226 g/mol. The van der Waals surface area contributed by atoms with E-state index in [2.05, 4.69) is 17.1 Å². The van der Waals surface area contributed by atoms with E-state index in [0.29, 0.717) is 18.5 Å². The van der Waals surface area contributed by atoms with E-state index < -0.39 is 0 Å². The molecule has 0 atom stereocenters. The summed E-state index contributed by atoms with van der Waals surface area (Å²) in [5.41, 5.74) is 0. The quantitative estimate of drug-likeness (QED) is 0.796. The van der Waals surface area contributed by atoms with E-state index in [-0.39, 0.29) is 0 Å². The van der Waals surface area contributed by atoms with Crippen molar-refractivity contribution in [2.75, 3.05) is 39.3 Å². The molecule has 2 heterocycles. The minimum atomic E-state index is 0.347. The average molecular weight is 253 g/mol. The largest absolute Gasteiger partial charge is 0.342 e. The Labute approximate surface area is 111 Å². The fraction of sp³-hybridized carbons (Fsp3) is 0.929. The van der Waals surface area contributed by atoms with Gasteiger partial charge in [-0.15, -0.1) is 0 Å². The number of nitrogens with one attached hydrogen (secondary N) is 1. The number of hydrogen-bond acceptors (Lipinski definition) is 3. The van der Waals surface area contributed by atoms with Crippen LogP contribution in [0.4, 0.5) is 0 Å². The van der Waals surface area contributed by atoms with Crippen LogP contribution in [0.15, 0.2) is 0 Å². The Morgan fingerprint density at radius 1 is 1.28 bits per heavy atom. The van der Waals surface area contributed by atoms with Gasteiger partial charge in [-0.05, 0) is 51.7 Å². The Kier molecular flexibility index (Phi) is 5.45. The highest BCUT2D eigenvalue weighted by atomic mass is 16.2. The molecule has 1 amide bonds. The molecule has 4 nitrogen and oxygen atoms in total. The zero-order chi connectivity index (χ0) is 12.8. The lowest BCUT2D eigenvalue weighted by Crippen LogP contribution is -2.48. The van der Waals surface area contributed by atoms with Gasteiger partial charge < -0.3 is 10.2 Å². The molecule has 0 spiro atoms. The van der Waals surface area contributed by atoms with Crippen LogP contribution in [-0.4, -0.2) is 61.0 Å². The Balaban J connectivity index is 1.85. The van der Waals surface area contributed by atoms with Crippen LogP contribution in [0, 0.1) is 0 Å². The number of carbonyl (C=O) groups is 1. The van der Waals surface area contributed by atoms with Crippen LogP contribution in [0.25, 0.3) is 0 Å². The van der Waals surface area contributed by atoms with Gasteiger partial charge in [-0.3, -0.25) is 9.69 Å². The molecule has 0 aromatic rings. The zero-order valence-corrected chi connectivity index (χ0v) is 11.7. The van der Waals surface area contributed by atoms with Gasteiger partial charge in [-0.1, -0.05) is 6.92 Å². The van der Waals surface area contributed by atoms with E-state index in [0.717, 1.165) is 39.1 Å². The van der Waals surface area contributed by atoms with Gasteiger partial charge in [-0.2, -0.15) is 0 Å². The molecule has 2 fully saturated rings. The van der Waals surface area contributed by atoms with Crippen LogP contribution in [0.5, 0.6) is 0 Å². The lowest BCUT2D eigenvalue weighted by atomic mass is 10.0. The molecule has 2 aliphatic rings. The summed E-state index contributed by atoms with van der Waals surface area (Å²) < 4.78 is 0. The van der Waals surface area contributed by atoms with Gasteiger partial charge in [0.05, 0.1) is 6.54 Å². The molecule has 2 rings (SSSR count). The van der Waals surface area contributed by atoms with Crippen molar-refractivity contribution in [1.82, 2.24) is 15.1 Å². The van der Waals surface area contributed by atoms with Gasteiger partial charge in [-0.25, -0.2) is 0 Å². The van der Waals surface area contributed by atoms with E-state index in [1.807, 2.05) is 4.90 Å². The maximum absolute atomic E-state index is 12.2. The monoisotopic (exact) mass is 253 g/mol. The molecule has 0 aliphatic carbocycles. The minimum Gasteiger partial charge on any atom is -0.342 e. The molecule has 2 aliphatic heterocycles. The van der Waals surface area contributed by atoms with Crippen LogP contribution in [0.1, 0.15) is 39.0 Å². The molecule has 18 heavy (non-hydrogen) atoms. The molecule has 0 unspecified atom stereocenters. The Hall–Kier alpha value is -0.610. The zero-order valence-electron chi connectivity index (χ0n) is 11.7. The summed E-state index contributed by atoms with van der Waals surface area (Å²) in [5, 5.41) is 3.40. The summed E-state index contributed by atoms with van der Waals surface area (Å²) in [7, 11) is 0. The molecule has 0 saturated carbocycles. The van der Waals surface area contributed by atoms with Crippen molar-refractivity contribution in [1.29, 1.82) is 0 Å². The lowest BCUT2D eigenvalue weighted by Gasteiger charge is -2.34. The van der Waals surface area contributed by atoms with Crippen molar-refractivity contribution >= 4 is 5.91 Å². The van der Waals surface area contributed by atoms with E-state index in [4.69, 9.17) is 0 Å². The number of likely N-dealkylation sites (tertiary alicyclic amines) is 1. The predicted molar refractivity (Wildman–Crippen MR) is 73.6 cm³/mol. The number of hydrogen-bond donors (Lipinski definition) is 1. The molecule has 0 aromatic heterocycles. The van der Waals surface area contributed by atoms with Gasteiger partial charge in [0, 0.05) is 19.1 Å². The normalized spacial score (nSPS) is 21.8. The predicted octanol–water partition coefficient (Wildman–Crippen LogP) is 1.07. The molecular formula is C14H27N3O. The maximum atomic E-state index is 12.2. The summed E-state index contributed by atoms with van der Waals surface area (Å²) in [6.45, 7) is 8.05. The van der Waals surface area contributed by atoms with Crippen molar-refractivity contribution in [3.63, 3.8) is 0 Å². The highest BCUT2D eigenvalue weighted by molar-refractivity contribution is 5.78. The smallest absolute Gasteiger partial charge is 0.236 e. The summed E-state index contributed by atoms with van der Waals surface area (Å²) in [5.74, 6) is 0.347. The van der Waals surface area contributed by atoms with E-state index in [1.165, 1.54) is 25.7 Å². The first kappa shape index (κ1) is 13.8. The van der Waals surface area contributed by atoms with Crippen molar-refractivity contribution in [3.05, 3.63) is 0 Å². The first-order chi connectivity index (χ1) is 8.81. The Morgan fingerprint density at radius 3 is 2.56 bits per heavy atom. The molecule has 2 saturated heterocycles. The highest BCUT2D eigenvalue weighted by Gasteiger charge is 2.25. The minimum absolute atomic E-state index is 0.347. The average Bonchev–Trinajstić information content (AvgIpc) is 2.93. The third-order valence-corrected chi connectivity index (χ3v) is 4.13. The van der Waals surface area contributed by atoms with Crippen molar-refractivity contribution in [3.8, 4) is 0 Å². The fourth-order valence-electron chi connectivity index (χ4n) is 3.09. The third kappa shape index (κ3) is 3.69. The van der Waals surface area contributed by atoms with Crippen LogP contribution in [-0.2, 0) is 4.79 Å². The van der Waals surface area contributed by atoms with Gasteiger partial charge in [0.25, 0.3) is 0 Å². The number of amides is 1. The molecule has 0 aromatic carbocycles. The van der Waals surface area contributed by atoms with Gasteiger partial charge >= 0.3 is 0 Å². The van der Waals surface area contributed by atoms with Crippen LogP contribution in [0.2, 0.25) is 0 Å². The second-order valence-electron chi connectivity index (χ2n) is 5.54. The number of carbonyl (C=O) groups excluding carboxylic acids is 1. The number of rotatable bonds is 5. The van der Waals surface area contributed by atoms with Gasteiger partial charge in [0.15, 0.2) is 0 Å². The second kappa shape index (κ2) is 7.10. The summed E-state index contributed by atoms with van der Waals surface area (Å²) >= 11 is 0. The molecule has 1 N–H and O–H groups in total. The molecule has 0 bridgehead atoms. The number of piperidine rings is 1. The third-order valence-electron chi connectivity index (χ3n) is 4.13. The fourth-order valence-corrected chi connectivity index (χ4v) is 3.09. The Bertz CT molecular complexity index is 258. The van der Waals surface area contributed by atoms with E-state index in [9.17, 15) is 4.79 Å². The van der Waals surface area contributed by atoms with E-state index >= 15 is 0 Å². The lowest BCUT2D eigenvalue weighted by molar-refractivity contribution is -0.132. The van der Waals surface area contributed by atoms with Gasteiger partial charge in [0.1, 0.15) is 0 Å². The second-order valence-corrected chi connectivity index (χ2v) is 5.54. The first-order valence-corrected chi connectivity index (χ1v) is 7.54. The van der Waals surface area contributed by atoms with Crippen molar-refractivity contribution in [2.24, 2.45) is 0 Å². The molecule has 104 valence electrons. The first-order valence-electron chi connectivity index (χ1n) is 7.54. The molecule has 0 radical (unpaired) electrons. The van der Waals surface area contributed by atoms with Crippen LogP contribution < -0.4 is 5.32 Å². The SMILES string of the molecule is CCCN(CC(=O)N1CCCC1)C1CCNCC1. The standard InChI is InChI=1S/C14H27N3O/c1-2-9-17(13-5-7-15-8-6-13)12-14(18)16-10-3-4-11-16/h13,15H,2-12H2,1H3. The van der Waals surface area contributed by atoms with Crippen LogP contribution >= 0.6 is 0 Å². The molecule has 4 heteroatoms. The number of nitrogens with zero attached hydrogens (tertiary/aromatic N) is 2. The summed E-state index contributed by atoms with van der Waals surface area (Å²) in [6.07, 6.45) is 5.89. The van der Waals surface area contributed by atoms with Crippen LogP contribution in [0.3, 0.4) is 0 Å². The summed E-state index contributed by atoms with van der Waals surface area (Å²) in [6, 6.07) is 0.609. The topological polar surface area (TPSA) is 35.6 Å².